The first-order chi connectivity index (χ1) is 12.7. The van der Waals surface area contributed by atoms with Crippen molar-refractivity contribution in [1.29, 1.82) is 0 Å². The number of methoxy groups -OCH3 is 1. The van der Waals surface area contributed by atoms with Gasteiger partial charge in [-0.3, -0.25) is 4.79 Å². The number of likely N-dealkylation sites (N-methyl/N-ethyl adjacent to an activating group) is 1. The first-order valence-electron chi connectivity index (χ1n) is 8.35. The Labute approximate surface area is 162 Å². The van der Waals surface area contributed by atoms with Crippen LogP contribution in [-0.2, 0) is 4.74 Å². The van der Waals surface area contributed by atoms with Gasteiger partial charge in [-0.1, -0.05) is 17.7 Å². The Morgan fingerprint density at radius 3 is 2.56 bits per heavy atom. The third-order valence-corrected chi connectivity index (χ3v) is 4.80. The molecule has 27 heavy (non-hydrogen) atoms. The van der Waals surface area contributed by atoms with Crippen LogP contribution in [0, 0.1) is 19.7 Å². The Bertz CT molecular complexity index is 844. The van der Waals surface area contributed by atoms with Crippen molar-refractivity contribution >= 4 is 23.5 Å². The molecule has 0 saturated carbocycles. The lowest BCUT2D eigenvalue weighted by Crippen LogP contribution is -2.35. The van der Waals surface area contributed by atoms with Crippen molar-refractivity contribution < 1.29 is 18.7 Å². The normalized spacial score (nSPS) is 12.1. The van der Waals surface area contributed by atoms with Gasteiger partial charge >= 0.3 is 5.97 Å². The molecule has 0 aliphatic heterocycles. The molecule has 8 heteroatoms. The van der Waals surface area contributed by atoms with Crippen molar-refractivity contribution in [2.24, 2.45) is 0 Å². The molecule has 0 bridgehead atoms. The van der Waals surface area contributed by atoms with E-state index in [9.17, 15) is 14.0 Å². The van der Waals surface area contributed by atoms with E-state index in [2.05, 4.69) is 10.3 Å². The third-order valence-electron chi connectivity index (χ3n) is 4.47. The predicted octanol–water partition coefficient (Wildman–Crippen LogP) is 3.24. The molecule has 1 atom stereocenters. The number of aryl methyl sites for hydroxylation is 1. The van der Waals surface area contributed by atoms with Crippen LogP contribution < -0.4 is 5.32 Å². The second-order valence-electron chi connectivity index (χ2n) is 6.44. The number of rotatable bonds is 6. The fraction of sp³-hybridized carbons (Fsp3) is 0.368. The van der Waals surface area contributed by atoms with Crippen molar-refractivity contribution in [1.82, 2.24) is 15.2 Å². The Kier molecular flexibility index (Phi) is 6.62. The quantitative estimate of drug-likeness (QED) is 0.736. The number of benzene rings is 1. The highest BCUT2D eigenvalue weighted by molar-refractivity contribution is 6.31. The number of halogens is 2. The molecule has 0 aliphatic rings. The molecule has 2 aromatic rings. The lowest BCUT2D eigenvalue weighted by atomic mass is 10.0. The number of hydrogen-bond donors (Lipinski definition) is 2. The Balaban J connectivity index is 2.24. The maximum Gasteiger partial charge on any atom is 0.339 e. The van der Waals surface area contributed by atoms with Gasteiger partial charge in [0, 0.05) is 22.8 Å². The van der Waals surface area contributed by atoms with E-state index in [1.54, 1.807) is 38.9 Å². The first kappa shape index (κ1) is 20.9. The van der Waals surface area contributed by atoms with Gasteiger partial charge in [-0.2, -0.15) is 0 Å². The number of carbonyl (C=O) groups is 2. The number of hydrogen-bond acceptors (Lipinski definition) is 4. The number of amides is 1. The molecule has 2 rings (SSSR count). The topological polar surface area (TPSA) is 74.4 Å². The van der Waals surface area contributed by atoms with Crippen LogP contribution >= 0.6 is 11.6 Å². The summed E-state index contributed by atoms with van der Waals surface area (Å²) in [6.45, 7) is 3.50. The zero-order chi connectivity index (χ0) is 20.3. The summed E-state index contributed by atoms with van der Waals surface area (Å²) >= 11 is 6.16. The summed E-state index contributed by atoms with van der Waals surface area (Å²) in [4.78, 5) is 29.2. The standard InChI is InChI=1S/C19H23ClFN3O3/c1-10-15(19(26)27-5)11(2)23-17(10)18(25)22-9-14(24(3)4)16-12(20)7-6-8-13(16)21/h6-8,14,23H,9H2,1-5H3,(H,22,25)/t14-/m1/s1. The highest BCUT2D eigenvalue weighted by Crippen LogP contribution is 2.28. The van der Waals surface area contributed by atoms with Crippen molar-refractivity contribution in [2.45, 2.75) is 19.9 Å². The molecule has 0 fully saturated rings. The molecule has 1 aromatic heterocycles. The van der Waals surface area contributed by atoms with Gasteiger partial charge in [-0.15, -0.1) is 0 Å². The third kappa shape index (κ3) is 4.31. The molecule has 2 N–H and O–H groups in total. The van der Waals surface area contributed by atoms with Crippen LogP contribution in [0.25, 0.3) is 0 Å². The summed E-state index contributed by atoms with van der Waals surface area (Å²) < 4.78 is 19.0. The minimum atomic E-state index is -0.510. The molecular weight excluding hydrogens is 373 g/mol. The smallest absolute Gasteiger partial charge is 0.339 e. The minimum absolute atomic E-state index is 0.136. The van der Waals surface area contributed by atoms with Gasteiger partial charge in [-0.25, -0.2) is 9.18 Å². The number of nitrogens with zero attached hydrogens (tertiary/aromatic N) is 1. The Morgan fingerprint density at radius 2 is 2.00 bits per heavy atom. The highest BCUT2D eigenvalue weighted by Gasteiger charge is 2.25. The maximum absolute atomic E-state index is 14.3. The molecule has 6 nitrogen and oxygen atoms in total. The number of H-pyrrole nitrogens is 1. The molecule has 1 heterocycles. The summed E-state index contributed by atoms with van der Waals surface area (Å²) in [6, 6.07) is 4.02. The van der Waals surface area contributed by atoms with Crippen molar-refractivity contribution in [3.63, 3.8) is 0 Å². The molecule has 1 aromatic carbocycles. The van der Waals surface area contributed by atoms with Crippen LogP contribution in [0.4, 0.5) is 4.39 Å². The van der Waals surface area contributed by atoms with E-state index in [1.807, 2.05) is 0 Å². The monoisotopic (exact) mass is 395 g/mol. The second kappa shape index (κ2) is 8.54. The van der Waals surface area contributed by atoms with Crippen molar-refractivity contribution in [3.05, 3.63) is 57.1 Å². The lowest BCUT2D eigenvalue weighted by molar-refractivity contribution is 0.0599. The molecule has 0 unspecified atom stereocenters. The zero-order valence-electron chi connectivity index (χ0n) is 15.9. The molecule has 1 amide bonds. The zero-order valence-corrected chi connectivity index (χ0v) is 16.7. The number of carbonyl (C=O) groups excluding carboxylic acids is 2. The van der Waals surface area contributed by atoms with Crippen molar-refractivity contribution in [3.8, 4) is 0 Å². The van der Waals surface area contributed by atoms with Gasteiger partial charge in [0.05, 0.1) is 18.7 Å². The number of esters is 1. The van der Waals surface area contributed by atoms with Crippen molar-refractivity contribution in [2.75, 3.05) is 27.7 Å². The summed E-state index contributed by atoms with van der Waals surface area (Å²) in [5, 5.41) is 3.08. The van der Waals surface area contributed by atoms with E-state index in [1.165, 1.54) is 19.2 Å². The van der Waals surface area contributed by atoms with Gasteiger partial charge in [0.15, 0.2) is 0 Å². The second-order valence-corrected chi connectivity index (χ2v) is 6.85. The van der Waals surface area contributed by atoms with Crippen LogP contribution in [0.5, 0.6) is 0 Å². The summed E-state index contributed by atoms with van der Waals surface area (Å²) in [5.41, 5.74) is 1.97. The van der Waals surface area contributed by atoms with Crippen LogP contribution in [0.15, 0.2) is 18.2 Å². The van der Waals surface area contributed by atoms with E-state index >= 15 is 0 Å². The fourth-order valence-corrected chi connectivity index (χ4v) is 3.32. The average molecular weight is 396 g/mol. The largest absolute Gasteiger partial charge is 0.465 e. The molecule has 0 saturated heterocycles. The van der Waals surface area contributed by atoms with Gasteiger partial charge in [0.2, 0.25) is 0 Å². The fourth-order valence-electron chi connectivity index (χ4n) is 3.03. The average Bonchev–Trinajstić information content (AvgIpc) is 2.90. The first-order valence-corrected chi connectivity index (χ1v) is 8.72. The van der Waals surface area contributed by atoms with E-state index in [0.29, 0.717) is 27.4 Å². The lowest BCUT2D eigenvalue weighted by Gasteiger charge is -2.26. The van der Waals surface area contributed by atoms with E-state index in [4.69, 9.17) is 16.3 Å². The minimum Gasteiger partial charge on any atom is -0.465 e. The predicted molar refractivity (Wildman–Crippen MR) is 102 cm³/mol. The van der Waals surface area contributed by atoms with Gasteiger partial charge < -0.3 is 19.9 Å². The van der Waals surface area contributed by atoms with Crippen LogP contribution in [0.1, 0.15) is 43.7 Å². The molecule has 0 spiro atoms. The van der Waals surface area contributed by atoms with E-state index < -0.39 is 23.7 Å². The number of aromatic amines is 1. The number of nitrogens with one attached hydrogen (secondary N) is 2. The summed E-state index contributed by atoms with van der Waals surface area (Å²) in [6.07, 6.45) is 0. The van der Waals surface area contributed by atoms with Crippen LogP contribution in [0.2, 0.25) is 5.02 Å². The molecule has 146 valence electrons. The molecule has 0 radical (unpaired) electrons. The van der Waals surface area contributed by atoms with Gasteiger partial charge in [-0.05, 0) is 45.6 Å². The number of ether oxygens (including phenoxy) is 1. The van der Waals surface area contributed by atoms with E-state index in [0.717, 1.165) is 0 Å². The summed E-state index contributed by atoms with van der Waals surface area (Å²) in [7, 11) is 4.84. The Morgan fingerprint density at radius 1 is 1.33 bits per heavy atom. The Hall–Kier alpha value is -2.38. The van der Waals surface area contributed by atoms with Crippen LogP contribution in [0.3, 0.4) is 0 Å². The van der Waals surface area contributed by atoms with Gasteiger partial charge in [0.1, 0.15) is 11.5 Å². The number of aromatic nitrogens is 1. The molecule has 0 aliphatic carbocycles. The molecular formula is C19H23ClFN3O3. The van der Waals surface area contributed by atoms with Gasteiger partial charge in [0.25, 0.3) is 5.91 Å². The van der Waals surface area contributed by atoms with E-state index in [-0.39, 0.29) is 12.2 Å². The maximum atomic E-state index is 14.3. The summed E-state index contributed by atoms with van der Waals surface area (Å²) in [5.74, 6) is -1.34. The SMILES string of the molecule is COC(=O)c1c(C)[nH]c(C(=O)NC[C@H](c2c(F)cccc2Cl)N(C)C)c1C. The highest BCUT2D eigenvalue weighted by atomic mass is 35.5. The van der Waals surface area contributed by atoms with Crippen LogP contribution in [-0.4, -0.2) is 49.5 Å².